The second-order valence-corrected chi connectivity index (χ2v) is 3.77. The van der Waals surface area contributed by atoms with Crippen molar-refractivity contribution in [3.8, 4) is 0 Å². The number of aliphatic hydroxyl groups is 2. The Hall–Kier alpha value is -0.120. The topological polar surface area (TPSA) is 52.5 Å². The van der Waals surface area contributed by atoms with Gasteiger partial charge in [0.15, 0.2) is 0 Å². The van der Waals surface area contributed by atoms with E-state index in [1.807, 2.05) is 0 Å². The molecule has 0 aromatic rings. The van der Waals surface area contributed by atoms with E-state index in [9.17, 15) is 5.11 Å². The number of hydrogen-bond donors (Lipinski definition) is 3. The van der Waals surface area contributed by atoms with Gasteiger partial charge >= 0.3 is 0 Å². The third kappa shape index (κ3) is 9.88. The summed E-state index contributed by atoms with van der Waals surface area (Å²) in [6.45, 7) is 5.41. The third-order valence-corrected chi connectivity index (χ3v) is 1.57. The average molecular weight is 175 g/mol. The Bertz CT molecular complexity index is 99.2. The lowest BCUT2D eigenvalue weighted by Gasteiger charge is -2.17. The summed E-state index contributed by atoms with van der Waals surface area (Å²) in [4.78, 5) is 0. The van der Waals surface area contributed by atoms with Crippen molar-refractivity contribution in [1.82, 2.24) is 5.32 Å². The molecule has 0 rings (SSSR count). The molecule has 0 bridgehead atoms. The number of rotatable bonds is 7. The van der Waals surface area contributed by atoms with Crippen molar-refractivity contribution >= 4 is 0 Å². The quantitative estimate of drug-likeness (QED) is 0.494. The van der Waals surface area contributed by atoms with Crippen LogP contribution in [0.5, 0.6) is 0 Å². The van der Waals surface area contributed by atoms with Gasteiger partial charge in [0.25, 0.3) is 0 Å². The molecule has 74 valence electrons. The van der Waals surface area contributed by atoms with E-state index in [4.69, 9.17) is 5.11 Å². The minimum atomic E-state index is -0.614. The molecule has 0 fully saturated rings. The maximum absolute atomic E-state index is 9.32. The average Bonchev–Trinajstić information content (AvgIpc) is 1.94. The molecule has 12 heavy (non-hydrogen) atoms. The van der Waals surface area contributed by atoms with Gasteiger partial charge in [0.05, 0.1) is 5.60 Å². The minimum absolute atomic E-state index is 0.283. The number of aliphatic hydroxyl groups excluding tert-OH is 1. The SMILES string of the molecule is CC(C)(O)CNCCCCCO. The maximum atomic E-state index is 9.32. The van der Waals surface area contributed by atoms with E-state index < -0.39 is 5.60 Å². The summed E-state index contributed by atoms with van der Waals surface area (Å²) in [5.74, 6) is 0. The van der Waals surface area contributed by atoms with Crippen LogP contribution in [-0.2, 0) is 0 Å². The highest BCUT2D eigenvalue weighted by atomic mass is 16.3. The lowest BCUT2D eigenvalue weighted by atomic mass is 10.1. The highest BCUT2D eigenvalue weighted by Crippen LogP contribution is 1.98. The van der Waals surface area contributed by atoms with Crippen molar-refractivity contribution in [3.05, 3.63) is 0 Å². The van der Waals surface area contributed by atoms with Crippen molar-refractivity contribution in [2.75, 3.05) is 19.7 Å². The lowest BCUT2D eigenvalue weighted by Crippen LogP contribution is -2.35. The van der Waals surface area contributed by atoms with Crippen LogP contribution in [-0.4, -0.2) is 35.5 Å². The third-order valence-electron chi connectivity index (χ3n) is 1.57. The van der Waals surface area contributed by atoms with Gasteiger partial charge in [0, 0.05) is 13.2 Å². The molecule has 0 spiro atoms. The van der Waals surface area contributed by atoms with Gasteiger partial charge in [0.1, 0.15) is 0 Å². The molecule has 0 aromatic heterocycles. The van der Waals surface area contributed by atoms with Gasteiger partial charge in [-0.15, -0.1) is 0 Å². The molecular weight excluding hydrogens is 154 g/mol. The molecule has 0 aliphatic heterocycles. The van der Waals surface area contributed by atoms with E-state index in [1.54, 1.807) is 13.8 Å². The fourth-order valence-electron chi connectivity index (χ4n) is 0.933. The zero-order valence-electron chi connectivity index (χ0n) is 8.14. The monoisotopic (exact) mass is 175 g/mol. The Balaban J connectivity index is 3.01. The van der Waals surface area contributed by atoms with Crippen LogP contribution < -0.4 is 5.32 Å². The summed E-state index contributed by atoms with van der Waals surface area (Å²) in [5, 5.41) is 21.0. The first-order valence-corrected chi connectivity index (χ1v) is 4.60. The van der Waals surface area contributed by atoms with Crippen molar-refractivity contribution < 1.29 is 10.2 Å². The first kappa shape index (κ1) is 11.9. The van der Waals surface area contributed by atoms with Crippen molar-refractivity contribution in [2.24, 2.45) is 0 Å². The van der Waals surface area contributed by atoms with E-state index in [1.165, 1.54) is 0 Å². The van der Waals surface area contributed by atoms with Crippen LogP contribution >= 0.6 is 0 Å². The Labute approximate surface area is 74.8 Å². The van der Waals surface area contributed by atoms with Gasteiger partial charge < -0.3 is 15.5 Å². The molecule has 0 aliphatic carbocycles. The van der Waals surface area contributed by atoms with Crippen molar-refractivity contribution in [2.45, 2.75) is 38.7 Å². The van der Waals surface area contributed by atoms with Gasteiger partial charge in [0.2, 0.25) is 0 Å². The Morgan fingerprint density at radius 1 is 1.17 bits per heavy atom. The minimum Gasteiger partial charge on any atom is -0.396 e. The molecule has 0 aromatic carbocycles. The molecule has 3 heteroatoms. The zero-order valence-corrected chi connectivity index (χ0v) is 8.14. The van der Waals surface area contributed by atoms with Gasteiger partial charge in [-0.1, -0.05) is 0 Å². The molecule has 0 heterocycles. The summed E-state index contributed by atoms with van der Waals surface area (Å²) in [7, 11) is 0. The Kier molecular flexibility index (Phi) is 6.34. The van der Waals surface area contributed by atoms with E-state index >= 15 is 0 Å². The van der Waals surface area contributed by atoms with E-state index in [-0.39, 0.29) is 6.61 Å². The summed E-state index contributed by atoms with van der Waals surface area (Å²) in [5.41, 5.74) is -0.614. The summed E-state index contributed by atoms with van der Waals surface area (Å²) in [6, 6.07) is 0. The molecule has 0 saturated carbocycles. The van der Waals surface area contributed by atoms with Crippen LogP contribution in [0.3, 0.4) is 0 Å². The normalized spacial score (nSPS) is 12.0. The van der Waals surface area contributed by atoms with Crippen molar-refractivity contribution in [3.63, 3.8) is 0 Å². The Morgan fingerprint density at radius 2 is 1.83 bits per heavy atom. The first-order chi connectivity index (χ1) is 5.56. The molecule has 3 nitrogen and oxygen atoms in total. The van der Waals surface area contributed by atoms with Crippen LogP contribution in [0.2, 0.25) is 0 Å². The van der Waals surface area contributed by atoms with Gasteiger partial charge in [-0.3, -0.25) is 0 Å². The zero-order chi connectivity index (χ0) is 9.45. The fraction of sp³-hybridized carbons (Fsp3) is 1.00. The summed E-state index contributed by atoms with van der Waals surface area (Å²) < 4.78 is 0. The highest BCUT2D eigenvalue weighted by Gasteiger charge is 2.10. The van der Waals surface area contributed by atoms with Gasteiger partial charge in [-0.2, -0.15) is 0 Å². The van der Waals surface area contributed by atoms with Crippen LogP contribution in [0.4, 0.5) is 0 Å². The maximum Gasteiger partial charge on any atom is 0.0715 e. The summed E-state index contributed by atoms with van der Waals surface area (Å²) >= 11 is 0. The van der Waals surface area contributed by atoms with Gasteiger partial charge in [-0.05, 0) is 39.7 Å². The molecule has 0 saturated heterocycles. The van der Waals surface area contributed by atoms with Gasteiger partial charge in [-0.25, -0.2) is 0 Å². The fourth-order valence-corrected chi connectivity index (χ4v) is 0.933. The summed E-state index contributed by atoms with van der Waals surface area (Å²) in [6.07, 6.45) is 3.00. The van der Waals surface area contributed by atoms with Crippen LogP contribution in [0.15, 0.2) is 0 Å². The lowest BCUT2D eigenvalue weighted by molar-refractivity contribution is 0.0798. The molecule has 0 radical (unpaired) electrons. The second-order valence-electron chi connectivity index (χ2n) is 3.77. The predicted octanol–water partition coefficient (Wildman–Crippen LogP) is 0.509. The standard InChI is InChI=1S/C9H21NO2/c1-9(2,12)8-10-6-4-3-5-7-11/h10-12H,3-8H2,1-2H3. The van der Waals surface area contributed by atoms with Crippen LogP contribution in [0.25, 0.3) is 0 Å². The predicted molar refractivity (Wildman–Crippen MR) is 50.1 cm³/mol. The first-order valence-electron chi connectivity index (χ1n) is 4.60. The van der Waals surface area contributed by atoms with Crippen LogP contribution in [0.1, 0.15) is 33.1 Å². The second kappa shape index (κ2) is 6.40. The van der Waals surface area contributed by atoms with E-state index in [0.717, 1.165) is 25.8 Å². The number of hydrogen-bond acceptors (Lipinski definition) is 3. The Morgan fingerprint density at radius 3 is 2.33 bits per heavy atom. The van der Waals surface area contributed by atoms with E-state index in [2.05, 4.69) is 5.32 Å². The highest BCUT2D eigenvalue weighted by molar-refractivity contribution is 4.67. The van der Waals surface area contributed by atoms with Crippen molar-refractivity contribution in [1.29, 1.82) is 0 Å². The molecule has 0 unspecified atom stereocenters. The molecule has 0 aliphatic rings. The smallest absolute Gasteiger partial charge is 0.0715 e. The molecular formula is C9H21NO2. The molecule has 3 N–H and O–H groups in total. The van der Waals surface area contributed by atoms with E-state index in [0.29, 0.717) is 6.54 Å². The molecule has 0 amide bonds. The molecule has 0 atom stereocenters. The largest absolute Gasteiger partial charge is 0.396 e. The van der Waals surface area contributed by atoms with Crippen LogP contribution in [0, 0.1) is 0 Å². The number of unbranched alkanes of at least 4 members (excludes halogenated alkanes) is 2. The number of nitrogens with one attached hydrogen (secondary N) is 1.